The summed E-state index contributed by atoms with van der Waals surface area (Å²) in [5.74, 6) is -0.561. The molecule has 3 heterocycles. The van der Waals surface area contributed by atoms with Gasteiger partial charge in [0.15, 0.2) is 0 Å². The lowest BCUT2D eigenvalue weighted by Gasteiger charge is -2.38. The first kappa shape index (κ1) is 19.3. The lowest BCUT2D eigenvalue weighted by molar-refractivity contribution is 0.113. The lowest BCUT2D eigenvalue weighted by Crippen LogP contribution is -2.44. The first-order chi connectivity index (χ1) is 13.4. The van der Waals surface area contributed by atoms with Gasteiger partial charge < -0.3 is 4.90 Å². The third-order valence-electron chi connectivity index (χ3n) is 5.79. The number of anilines is 1. The van der Waals surface area contributed by atoms with Crippen molar-refractivity contribution in [2.75, 3.05) is 38.0 Å². The number of pyridine rings is 1. The van der Waals surface area contributed by atoms with Gasteiger partial charge in [-0.3, -0.25) is 14.2 Å². The van der Waals surface area contributed by atoms with E-state index in [-0.39, 0.29) is 10.9 Å². The highest BCUT2D eigenvalue weighted by atomic mass is 32.2. The number of fused-ring (bicyclic) bond motifs is 1. The third kappa shape index (κ3) is 3.40. The second-order valence-corrected chi connectivity index (χ2v) is 9.51. The van der Waals surface area contributed by atoms with Crippen LogP contribution in [0.3, 0.4) is 0 Å². The molecule has 4 rings (SSSR count). The van der Waals surface area contributed by atoms with Crippen molar-refractivity contribution in [2.24, 2.45) is 0 Å². The third-order valence-corrected chi connectivity index (χ3v) is 7.57. The molecule has 0 radical (unpaired) electrons. The van der Waals surface area contributed by atoms with Gasteiger partial charge in [0.2, 0.25) is 0 Å². The van der Waals surface area contributed by atoms with E-state index in [2.05, 4.69) is 28.9 Å². The number of aromatic nitrogens is 1. The van der Waals surface area contributed by atoms with Crippen LogP contribution in [0, 0.1) is 5.82 Å². The summed E-state index contributed by atoms with van der Waals surface area (Å²) in [4.78, 5) is 9.05. The number of hydrogen-bond donors (Lipinski definition) is 0. The zero-order valence-corrected chi connectivity index (χ0v) is 16.9. The van der Waals surface area contributed by atoms with Crippen molar-refractivity contribution in [1.29, 1.82) is 0 Å². The van der Waals surface area contributed by atoms with Crippen LogP contribution in [0.25, 0.3) is 0 Å². The van der Waals surface area contributed by atoms with Crippen molar-refractivity contribution in [3.63, 3.8) is 0 Å². The Kier molecular flexibility index (Phi) is 5.11. The summed E-state index contributed by atoms with van der Waals surface area (Å²) in [5.41, 5.74) is 1.37. The largest absolute Gasteiger partial charge is 0.306 e. The Labute approximate surface area is 165 Å². The molecule has 1 unspecified atom stereocenters. The molecule has 150 valence electrons. The molecular weight excluding hydrogens is 379 g/mol. The van der Waals surface area contributed by atoms with Gasteiger partial charge in [0.05, 0.1) is 28.9 Å². The average Bonchev–Trinajstić information content (AvgIpc) is 3.08. The summed E-state index contributed by atoms with van der Waals surface area (Å²) in [7, 11) is 0.343. The van der Waals surface area contributed by atoms with Crippen molar-refractivity contribution in [1.82, 2.24) is 14.8 Å². The van der Waals surface area contributed by atoms with E-state index >= 15 is 0 Å². The maximum absolute atomic E-state index is 13.6. The van der Waals surface area contributed by atoms with Crippen LogP contribution in [0.15, 0.2) is 47.5 Å². The fourth-order valence-corrected chi connectivity index (χ4v) is 5.72. The Hall–Kier alpha value is -2.03. The molecule has 28 heavy (non-hydrogen) atoms. The van der Waals surface area contributed by atoms with Gasteiger partial charge in [0.1, 0.15) is 5.82 Å². The Balaban J connectivity index is 1.64. The number of likely N-dealkylation sites (tertiary alicyclic amines) is 1. The van der Waals surface area contributed by atoms with Crippen molar-refractivity contribution in [2.45, 2.75) is 29.8 Å². The molecular formula is C20H25FN4O2S. The van der Waals surface area contributed by atoms with Gasteiger partial charge >= 0.3 is 0 Å². The van der Waals surface area contributed by atoms with E-state index in [0.29, 0.717) is 18.3 Å². The van der Waals surface area contributed by atoms with E-state index in [1.54, 1.807) is 18.3 Å². The minimum absolute atomic E-state index is 0.0331. The van der Waals surface area contributed by atoms with Crippen molar-refractivity contribution in [3.8, 4) is 0 Å². The summed E-state index contributed by atoms with van der Waals surface area (Å²) in [6.07, 6.45) is 3.79. The maximum Gasteiger partial charge on any atom is 0.264 e. The molecule has 0 saturated carbocycles. The second kappa shape index (κ2) is 7.42. The van der Waals surface area contributed by atoms with Gasteiger partial charge in [-0.15, -0.1) is 0 Å². The predicted molar refractivity (Wildman–Crippen MR) is 106 cm³/mol. The quantitative estimate of drug-likeness (QED) is 0.784. The highest BCUT2D eigenvalue weighted by Crippen LogP contribution is 2.40. The molecule has 6 nitrogen and oxygen atoms in total. The fraction of sp³-hybridized carbons (Fsp3) is 0.450. The molecule has 1 aromatic carbocycles. The highest BCUT2D eigenvalue weighted by Gasteiger charge is 2.41. The summed E-state index contributed by atoms with van der Waals surface area (Å²) < 4.78 is 41.5. The smallest absolute Gasteiger partial charge is 0.264 e. The normalized spacial score (nSPS) is 21.3. The number of nitrogens with zero attached hydrogens (tertiary/aromatic N) is 4. The topological polar surface area (TPSA) is 56.8 Å². The average molecular weight is 405 g/mol. The minimum Gasteiger partial charge on any atom is -0.306 e. The number of benzene rings is 1. The molecule has 0 spiro atoms. The van der Waals surface area contributed by atoms with Gasteiger partial charge in [-0.2, -0.15) is 0 Å². The van der Waals surface area contributed by atoms with E-state index in [1.807, 2.05) is 0 Å². The van der Waals surface area contributed by atoms with Gasteiger partial charge in [-0.1, -0.05) is 6.07 Å². The van der Waals surface area contributed by atoms with Crippen molar-refractivity contribution in [3.05, 3.63) is 54.1 Å². The van der Waals surface area contributed by atoms with E-state index in [4.69, 9.17) is 0 Å². The zero-order chi connectivity index (χ0) is 19.9. The Bertz CT molecular complexity index is 958. The molecule has 8 heteroatoms. The van der Waals surface area contributed by atoms with Crippen molar-refractivity contribution < 1.29 is 12.8 Å². The predicted octanol–water partition coefficient (Wildman–Crippen LogP) is 2.50. The molecule has 2 aliphatic rings. The molecule has 1 saturated heterocycles. The Morgan fingerprint density at radius 3 is 2.57 bits per heavy atom. The number of hydrogen-bond acceptors (Lipinski definition) is 5. The van der Waals surface area contributed by atoms with E-state index < -0.39 is 15.8 Å². The summed E-state index contributed by atoms with van der Waals surface area (Å²) >= 11 is 0. The van der Waals surface area contributed by atoms with Crippen LogP contribution in [0.5, 0.6) is 0 Å². The molecule has 2 aliphatic heterocycles. The van der Waals surface area contributed by atoms with Crippen LogP contribution in [0.1, 0.15) is 24.6 Å². The van der Waals surface area contributed by atoms with Gasteiger partial charge in [0, 0.05) is 25.3 Å². The van der Waals surface area contributed by atoms with Crippen LogP contribution in [0.2, 0.25) is 0 Å². The van der Waals surface area contributed by atoms with Crippen LogP contribution >= 0.6 is 0 Å². The van der Waals surface area contributed by atoms with Crippen LogP contribution in [-0.2, 0) is 10.0 Å². The molecule has 0 bridgehead atoms. The van der Waals surface area contributed by atoms with Crippen LogP contribution < -0.4 is 4.31 Å². The van der Waals surface area contributed by atoms with E-state index in [9.17, 15) is 12.8 Å². The highest BCUT2D eigenvalue weighted by molar-refractivity contribution is 7.92. The molecule has 1 aromatic heterocycles. The standard InChI is InChI=1S/C20H25FN4O2S/c1-23(2)16-8-11-24(12-9-16)19-14-25(18-7-4-10-22-20(18)19)28(26,27)17-6-3-5-15(21)13-17/h3-7,10,13,16,19H,8-9,11-12,14H2,1-2H3. The minimum atomic E-state index is -3.85. The number of halogens is 1. The van der Waals surface area contributed by atoms with Gasteiger partial charge in [-0.05, 0) is 57.3 Å². The van der Waals surface area contributed by atoms with Crippen LogP contribution in [-0.4, -0.2) is 63.0 Å². The monoisotopic (exact) mass is 404 g/mol. The number of rotatable bonds is 4. The van der Waals surface area contributed by atoms with Gasteiger partial charge in [-0.25, -0.2) is 12.8 Å². The molecule has 0 N–H and O–H groups in total. The zero-order valence-electron chi connectivity index (χ0n) is 16.1. The number of sulfonamides is 1. The SMILES string of the molecule is CN(C)C1CCN(C2CN(S(=O)(=O)c3cccc(F)c3)c3cccnc32)CC1. The lowest BCUT2D eigenvalue weighted by atomic mass is 10.0. The summed E-state index contributed by atoms with van der Waals surface area (Å²) in [6.45, 7) is 2.10. The van der Waals surface area contributed by atoms with Crippen LogP contribution in [0.4, 0.5) is 10.1 Å². The second-order valence-electron chi connectivity index (χ2n) is 7.65. The molecule has 1 atom stereocenters. The molecule has 2 aromatic rings. The molecule has 0 aliphatic carbocycles. The first-order valence-electron chi connectivity index (χ1n) is 9.51. The maximum atomic E-state index is 13.6. The van der Waals surface area contributed by atoms with Gasteiger partial charge in [0.25, 0.3) is 10.0 Å². The van der Waals surface area contributed by atoms with E-state index in [0.717, 1.165) is 37.7 Å². The fourth-order valence-electron chi connectivity index (χ4n) is 4.20. The van der Waals surface area contributed by atoms with E-state index in [1.165, 1.54) is 22.5 Å². The summed E-state index contributed by atoms with van der Waals surface area (Å²) in [5, 5.41) is 0. The molecule has 0 amide bonds. The first-order valence-corrected chi connectivity index (χ1v) is 11.0. The number of piperidine rings is 1. The molecule has 1 fully saturated rings. The summed E-state index contributed by atoms with van der Waals surface area (Å²) in [6, 6.07) is 9.17. The Morgan fingerprint density at radius 1 is 1.14 bits per heavy atom. The Morgan fingerprint density at radius 2 is 1.89 bits per heavy atom. The van der Waals surface area contributed by atoms with Crippen molar-refractivity contribution >= 4 is 15.7 Å².